The van der Waals surface area contributed by atoms with Gasteiger partial charge in [0.1, 0.15) is 0 Å². The van der Waals surface area contributed by atoms with Crippen LogP contribution in [-0.2, 0) is 9.47 Å². The molecule has 102 valence electrons. The lowest BCUT2D eigenvalue weighted by Crippen LogP contribution is -2.12. The van der Waals surface area contributed by atoms with Gasteiger partial charge in [0, 0.05) is 0 Å². The number of hydrogen-bond donors (Lipinski definition) is 0. The van der Waals surface area contributed by atoms with E-state index in [-0.39, 0.29) is 0 Å². The first-order valence-electron chi connectivity index (χ1n) is 6.09. The third kappa shape index (κ3) is 4.35. The van der Waals surface area contributed by atoms with Crippen LogP contribution in [0.5, 0.6) is 0 Å². The zero-order chi connectivity index (χ0) is 13.7. The minimum atomic E-state index is -1.34. The van der Waals surface area contributed by atoms with Crippen LogP contribution in [0.3, 0.4) is 0 Å². The highest BCUT2D eigenvalue weighted by atomic mass is 19.1. The Kier molecular flexibility index (Phi) is 5.69. The number of alkyl halides is 2. The van der Waals surface area contributed by atoms with Crippen LogP contribution in [0.4, 0.5) is 8.78 Å². The highest BCUT2D eigenvalue weighted by Crippen LogP contribution is 2.29. The van der Waals surface area contributed by atoms with Crippen molar-refractivity contribution in [1.29, 1.82) is 0 Å². The summed E-state index contributed by atoms with van der Waals surface area (Å²) in [4.78, 5) is 0. The summed E-state index contributed by atoms with van der Waals surface area (Å²) in [6, 6.07) is 7.36. The second kappa shape index (κ2) is 6.81. The van der Waals surface area contributed by atoms with Crippen molar-refractivity contribution in [3.8, 4) is 0 Å². The van der Waals surface area contributed by atoms with Crippen molar-refractivity contribution in [2.75, 3.05) is 0 Å². The van der Waals surface area contributed by atoms with E-state index >= 15 is 0 Å². The van der Waals surface area contributed by atoms with Gasteiger partial charge < -0.3 is 9.47 Å². The van der Waals surface area contributed by atoms with Crippen molar-refractivity contribution < 1.29 is 18.3 Å². The summed E-state index contributed by atoms with van der Waals surface area (Å²) in [5.74, 6) is 0. The average molecular weight is 258 g/mol. The molecule has 0 N–H and O–H groups in total. The maximum Gasteiger partial charge on any atom is 0.196 e. The molecule has 0 aliphatic heterocycles. The van der Waals surface area contributed by atoms with Crippen LogP contribution in [-0.4, -0.2) is 12.7 Å². The van der Waals surface area contributed by atoms with Crippen LogP contribution in [0.2, 0.25) is 0 Å². The van der Waals surface area contributed by atoms with Crippen LogP contribution in [0, 0.1) is 0 Å². The molecule has 1 rings (SSSR count). The first-order chi connectivity index (χ1) is 8.41. The summed E-state index contributed by atoms with van der Waals surface area (Å²) in [7, 11) is 0. The fourth-order valence-corrected chi connectivity index (χ4v) is 1.96. The molecule has 1 aromatic rings. The van der Waals surface area contributed by atoms with Crippen LogP contribution in [0.1, 0.15) is 51.0 Å². The predicted molar refractivity (Wildman–Crippen MR) is 66.6 cm³/mol. The minimum Gasteiger partial charge on any atom is -0.341 e. The van der Waals surface area contributed by atoms with Crippen LogP contribution >= 0.6 is 0 Å². The van der Waals surface area contributed by atoms with Gasteiger partial charge in [-0.1, -0.05) is 24.3 Å². The van der Waals surface area contributed by atoms with Gasteiger partial charge in [-0.3, -0.25) is 0 Å². The van der Waals surface area contributed by atoms with Gasteiger partial charge in [-0.15, -0.1) is 0 Å². The Labute approximate surface area is 107 Å². The van der Waals surface area contributed by atoms with Gasteiger partial charge in [0.2, 0.25) is 0 Å². The van der Waals surface area contributed by atoms with E-state index in [1.165, 1.54) is 13.8 Å². The molecule has 0 heterocycles. The van der Waals surface area contributed by atoms with E-state index < -0.39 is 24.9 Å². The highest BCUT2D eigenvalue weighted by molar-refractivity contribution is 5.30. The molecule has 0 bridgehead atoms. The molecule has 0 saturated carbocycles. The quantitative estimate of drug-likeness (QED) is 0.749. The normalized spacial score (nSPS) is 18.1. The van der Waals surface area contributed by atoms with Crippen LogP contribution in [0.15, 0.2) is 24.3 Å². The molecule has 0 spiro atoms. The Bertz CT molecular complexity index is 332. The summed E-state index contributed by atoms with van der Waals surface area (Å²) in [6.07, 6.45) is -3.49. The standard InChI is InChI=1S/C14H20F2O2/c1-9(17-11(3)15)13-7-5-6-8-14(13)10(2)18-12(4)16/h5-12H,1-4H3. The van der Waals surface area contributed by atoms with E-state index in [1.54, 1.807) is 13.8 Å². The Hall–Kier alpha value is -1.00. The van der Waals surface area contributed by atoms with Crippen molar-refractivity contribution in [3.63, 3.8) is 0 Å². The second-order valence-corrected chi connectivity index (χ2v) is 4.27. The lowest BCUT2D eigenvalue weighted by atomic mass is 9.99. The molecular formula is C14H20F2O2. The summed E-state index contributed by atoms with van der Waals surface area (Å²) in [5.41, 5.74) is 1.63. The van der Waals surface area contributed by atoms with Crippen molar-refractivity contribution in [1.82, 2.24) is 0 Å². The fraction of sp³-hybridized carbons (Fsp3) is 0.571. The van der Waals surface area contributed by atoms with E-state index in [1.807, 2.05) is 24.3 Å². The average Bonchev–Trinajstić information content (AvgIpc) is 2.27. The topological polar surface area (TPSA) is 18.5 Å². The van der Waals surface area contributed by atoms with Gasteiger partial charge in [-0.2, -0.15) is 0 Å². The molecule has 0 aliphatic rings. The summed E-state index contributed by atoms with van der Waals surface area (Å²) in [5, 5.41) is 0. The van der Waals surface area contributed by atoms with Crippen LogP contribution in [0.25, 0.3) is 0 Å². The number of halogens is 2. The minimum absolute atomic E-state index is 0.401. The molecule has 4 atom stereocenters. The molecule has 0 radical (unpaired) electrons. The lowest BCUT2D eigenvalue weighted by molar-refractivity contribution is -0.0781. The van der Waals surface area contributed by atoms with Crippen molar-refractivity contribution in [2.45, 2.75) is 52.6 Å². The van der Waals surface area contributed by atoms with Gasteiger partial charge in [0.05, 0.1) is 12.2 Å². The first kappa shape index (κ1) is 15.1. The monoisotopic (exact) mass is 258 g/mol. The zero-order valence-corrected chi connectivity index (χ0v) is 11.2. The SMILES string of the molecule is CC(F)OC(C)c1ccccc1C(C)OC(C)F. The summed E-state index contributed by atoms with van der Waals surface area (Å²) in [6.45, 7) is 6.20. The van der Waals surface area contributed by atoms with Gasteiger partial charge in [-0.25, -0.2) is 8.78 Å². The molecular weight excluding hydrogens is 238 g/mol. The van der Waals surface area contributed by atoms with E-state index in [0.717, 1.165) is 11.1 Å². The maximum atomic E-state index is 12.9. The highest BCUT2D eigenvalue weighted by Gasteiger charge is 2.18. The van der Waals surface area contributed by atoms with Gasteiger partial charge in [0.15, 0.2) is 12.7 Å². The zero-order valence-electron chi connectivity index (χ0n) is 11.2. The Balaban J connectivity index is 2.91. The number of rotatable bonds is 6. The largest absolute Gasteiger partial charge is 0.341 e. The number of hydrogen-bond acceptors (Lipinski definition) is 2. The Morgan fingerprint density at radius 2 is 1.11 bits per heavy atom. The second-order valence-electron chi connectivity index (χ2n) is 4.27. The van der Waals surface area contributed by atoms with Crippen molar-refractivity contribution >= 4 is 0 Å². The van der Waals surface area contributed by atoms with Gasteiger partial charge in [-0.05, 0) is 38.8 Å². The van der Waals surface area contributed by atoms with Crippen molar-refractivity contribution in [2.24, 2.45) is 0 Å². The Morgan fingerprint density at radius 3 is 1.39 bits per heavy atom. The molecule has 0 aliphatic carbocycles. The number of ether oxygens (including phenoxy) is 2. The maximum absolute atomic E-state index is 12.9. The van der Waals surface area contributed by atoms with E-state index in [2.05, 4.69) is 0 Å². The number of benzene rings is 1. The molecule has 1 aromatic carbocycles. The van der Waals surface area contributed by atoms with Crippen LogP contribution < -0.4 is 0 Å². The molecule has 0 aromatic heterocycles. The fourth-order valence-electron chi connectivity index (χ4n) is 1.96. The van der Waals surface area contributed by atoms with E-state index in [9.17, 15) is 8.78 Å². The molecule has 18 heavy (non-hydrogen) atoms. The van der Waals surface area contributed by atoms with E-state index in [4.69, 9.17) is 9.47 Å². The molecule has 4 unspecified atom stereocenters. The smallest absolute Gasteiger partial charge is 0.196 e. The van der Waals surface area contributed by atoms with Crippen molar-refractivity contribution in [3.05, 3.63) is 35.4 Å². The lowest BCUT2D eigenvalue weighted by Gasteiger charge is -2.22. The van der Waals surface area contributed by atoms with Gasteiger partial charge in [0.25, 0.3) is 0 Å². The molecule has 0 amide bonds. The molecule has 0 fully saturated rings. The third-order valence-corrected chi connectivity index (χ3v) is 2.66. The molecule has 4 heteroatoms. The molecule has 2 nitrogen and oxygen atoms in total. The van der Waals surface area contributed by atoms with E-state index in [0.29, 0.717) is 0 Å². The summed E-state index contributed by atoms with van der Waals surface area (Å²) < 4.78 is 36.0. The Morgan fingerprint density at radius 1 is 0.778 bits per heavy atom. The summed E-state index contributed by atoms with van der Waals surface area (Å²) >= 11 is 0. The molecule has 0 saturated heterocycles. The predicted octanol–water partition coefficient (Wildman–Crippen LogP) is 4.47. The third-order valence-electron chi connectivity index (χ3n) is 2.66. The first-order valence-corrected chi connectivity index (χ1v) is 6.09. The van der Waals surface area contributed by atoms with Gasteiger partial charge >= 0.3 is 0 Å².